The van der Waals surface area contributed by atoms with E-state index < -0.39 is 6.04 Å². The van der Waals surface area contributed by atoms with Crippen LogP contribution in [0.1, 0.15) is 33.6 Å². The summed E-state index contributed by atoms with van der Waals surface area (Å²) in [5, 5.41) is 0. The lowest BCUT2D eigenvalue weighted by molar-refractivity contribution is -0.142. The van der Waals surface area contributed by atoms with E-state index in [1.54, 1.807) is 0 Å². The maximum Gasteiger partial charge on any atom is 0.322 e. The standard InChI is InChI=1S/C9H19NO2.ClH/c1-9(2,3)6-5-7(10)8(11)12-4;/h7H,5-6,10H2,1-4H3;1H. The third kappa shape index (κ3) is 8.06. The molecule has 0 bridgehead atoms. The second-order valence-corrected chi connectivity index (χ2v) is 4.23. The number of carbonyl (C=O) groups excluding carboxylic acids is 1. The maximum atomic E-state index is 10.9. The topological polar surface area (TPSA) is 52.3 Å². The first-order valence-corrected chi connectivity index (χ1v) is 4.20. The predicted molar refractivity (Wildman–Crippen MR) is 55.9 cm³/mol. The van der Waals surface area contributed by atoms with Crippen molar-refractivity contribution in [3.8, 4) is 0 Å². The van der Waals surface area contributed by atoms with Crippen LogP contribution < -0.4 is 5.73 Å². The Labute approximate surface area is 86.4 Å². The van der Waals surface area contributed by atoms with Crippen LogP contribution >= 0.6 is 12.4 Å². The predicted octanol–water partition coefficient (Wildman–Crippen LogP) is 1.73. The molecule has 4 heteroatoms. The fraction of sp³-hybridized carbons (Fsp3) is 0.889. The molecule has 3 nitrogen and oxygen atoms in total. The van der Waals surface area contributed by atoms with Gasteiger partial charge in [0.05, 0.1) is 7.11 Å². The molecule has 0 aliphatic rings. The van der Waals surface area contributed by atoms with Gasteiger partial charge in [-0.25, -0.2) is 0 Å². The number of ether oxygens (including phenoxy) is 1. The maximum absolute atomic E-state index is 10.9. The van der Waals surface area contributed by atoms with Crippen LogP contribution in [0.5, 0.6) is 0 Å². The fourth-order valence-electron chi connectivity index (χ4n) is 0.858. The van der Waals surface area contributed by atoms with Crippen molar-refractivity contribution in [3.63, 3.8) is 0 Å². The first-order chi connectivity index (χ1) is 5.37. The number of nitrogens with two attached hydrogens (primary N) is 1. The molecule has 0 heterocycles. The molecular weight excluding hydrogens is 190 g/mol. The zero-order valence-corrected chi connectivity index (χ0v) is 9.61. The third-order valence-electron chi connectivity index (χ3n) is 1.71. The monoisotopic (exact) mass is 209 g/mol. The smallest absolute Gasteiger partial charge is 0.322 e. The van der Waals surface area contributed by atoms with E-state index in [-0.39, 0.29) is 23.8 Å². The van der Waals surface area contributed by atoms with Gasteiger partial charge >= 0.3 is 5.97 Å². The lowest BCUT2D eigenvalue weighted by Gasteiger charge is -2.19. The minimum absolute atomic E-state index is 0. The molecule has 1 unspecified atom stereocenters. The molecule has 1 atom stereocenters. The van der Waals surface area contributed by atoms with Crippen molar-refractivity contribution in [1.29, 1.82) is 0 Å². The van der Waals surface area contributed by atoms with Gasteiger partial charge in [0.2, 0.25) is 0 Å². The van der Waals surface area contributed by atoms with Crippen LogP contribution in [-0.2, 0) is 9.53 Å². The summed E-state index contributed by atoms with van der Waals surface area (Å²) in [7, 11) is 1.36. The summed E-state index contributed by atoms with van der Waals surface area (Å²) in [4.78, 5) is 10.9. The first kappa shape index (κ1) is 15.2. The number of hydrogen-bond donors (Lipinski definition) is 1. The molecule has 0 fully saturated rings. The number of methoxy groups -OCH3 is 1. The molecule has 0 aliphatic carbocycles. The van der Waals surface area contributed by atoms with Gasteiger partial charge in [-0.2, -0.15) is 0 Å². The van der Waals surface area contributed by atoms with Gasteiger partial charge in [-0.1, -0.05) is 20.8 Å². The normalized spacial score (nSPS) is 13.0. The Morgan fingerprint density at radius 3 is 2.23 bits per heavy atom. The Kier molecular flexibility index (Phi) is 7.27. The number of carbonyl (C=O) groups is 1. The molecule has 13 heavy (non-hydrogen) atoms. The average Bonchev–Trinajstić information content (AvgIpc) is 1.97. The van der Waals surface area contributed by atoms with Crippen molar-refractivity contribution < 1.29 is 9.53 Å². The highest BCUT2D eigenvalue weighted by atomic mass is 35.5. The lowest BCUT2D eigenvalue weighted by atomic mass is 9.89. The molecule has 0 aromatic rings. The summed E-state index contributed by atoms with van der Waals surface area (Å²) >= 11 is 0. The summed E-state index contributed by atoms with van der Waals surface area (Å²) in [6, 6.07) is -0.464. The van der Waals surface area contributed by atoms with Gasteiger partial charge in [-0.3, -0.25) is 4.79 Å². The van der Waals surface area contributed by atoms with Gasteiger partial charge < -0.3 is 10.5 Å². The van der Waals surface area contributed by atoms with Crippen LogP contribution in [0.25, 0.3) is 0 Å². The van der Waals surface area contributed by atoms with Gasteiger partial charge in [-0.05, 0) is 18.3 Å². The van der Waals surface area contributed by atoms with Crippen LogP contribution in [0.2, 0.25) is 0 Å². The Bertz CT molecular complexity index is 154. The molecule has 0 amide bonds. The van der Waals surface area contributed by atoms with E-state index in [0.29, 0.717) is 6.42 Å². The molecule has 0 saturated carbocycles. The minimum atomic E-state index is -0.464. The quantitative estimate of drug-likeness (QED) is 0.721. The number of hydrogen-bond acceptors (Lipinski definition) is 3. The molecule has 0 spiro atoms. The van der Waals surface area contributed by atoms with E-state index in [1.807, 2.05) is 0 Å². The van der Waals surface area contributed by atoms with Crippen molar-refractivity contribution >= 4 is 18.4 Å². The summed E-state index contributed by atoms with van der Waals surface area (Å²) in [5.74, 6) is -0.320. The Balaban J connectivity index is 0. The van der Waals surface area contributed by atoms with Gasteiger partial charge in [0.25, 0.3) is 0 Å². The van der Waals surface area contributed by atoms with Crippen LogP contribution in [-0.4, -0.2) is 19.1 Å². The van der Waals surface area contributed by atoms with Crippen molar-refractivity contribution in [2.45, 2.75) is 39.7 Å². The third-order valence-corrected chi connectivity index (χ3v) is 1.71. The van der Waals surface area contributed by atoms with Crippen molar-refractivity contribution in [3.05, 3.63) is 0 Å². The SMILES string of the molecule is COC(=O)C(N)CCC(C)(C)C.Cl. The fourth-order valence-corrected chi connectivity index (χ4v) is 0.858. The minimum Gasteiger partial charge on any atom is -0.468 e. The molecule has 80 valence electrons. The van der Waals surface area contributed by atoms with Gasteiger partial charge in [0.15, 0.2) is 0 Å². The van der Waals surface area contributed by atoms with Crippen LogP contribution in [0.3, 0.4) is 0 Å². The van der Waals surface area contributed by atoms with E-state index in [1.165, 1.54) is 7.11 Å². The van der Waals surface area contributed by atoms with Crippen molar-refractivity contribution in [2.24, 2.45) is 11.1 Å². The molecule has 0 aromatic heterocycles. The van der Waals surface area contributed by atoms with Gasteiger partial charge in [-0.15, -0.1) is 12.4 Å². The number of rotatable bonds is 3. The van der Waals surface area contributed by atoms with Gasteiger partial charge in [0.1, 0.15) is 6.04 Å². The van der Waals surface area contributed by atoms with Crippen LogP contribution in [0, 0.1) is 5.41 Å². The zero-order valence-electron chi connectivity index (χ0n) is 8.79. The Morgan fingerprint density at radius 2 is 1.92 bits per heavy atom. The molecule has 2 N–H and O–H groups in total. The van der Waals surface area contributed by atoms with E-state index in [4.69, 9.17) is 5.73 Å². The molecule has 0 saturated heterocycles. The summed E-state index contributed by atoms with van der Waals surface area (Å²) in [6.07, 6.45) is 1.62. The van der Waals surface area contributed by atoms with E-state index in [9.17, 15) is 4.79 Å². The number of esters is 1. The molecule has 0 aliphatic heterocycles. The molecule has 0 radical (unpaired) electrons. The van der Waals surface area contributed by atoms with E-state index in [0.717, 1.165) is 6.42 Å². The second kappa shape index (κ2) is 6.22. The van der Waals surface area contributed by atoms with Gasteiger partial charge in [0, 0.05) is 0 Å². The zero-order chi connectivity index (χ0) is 9.78. The second-order valence-electron chi connectivity index (χ2n) is 4.23. The summed E-state index contributed by atoms with van der Waals surface area (Å²) in [5.41, 5.74) is 5.79. The first-order valence-electron chi connectivity index (χ1n) is 4.20. The Hall–Kier alpha value is -0.280. The number of halogens is 1. The summed E-state index contributed by atoms with van der Waals surface area (Å²) in [6.45, 7) is 6.37. The molecule has 0 aromatic carbocycles. The van der Waals surface area contributed by atoms with Crippen molar-refractivity contribution in [1.82, 2.24) is 0 Å². The Morgan fingerprint density at radius 1 is 1.46 bits per heavy atom. The van der Waals surface area contributed by atoms with Crippen LogP contribution in [0.15, 0.2) is 0 Å². The molecule has 0 rings (SSSR count). The van der Waals surface area contributed by atoms with E-state index >= 15 is 0 Å². The summed E-state index contributed by atoms with van der Waals surface area (Å²) < 4.78 is 4.51. The highest BCUT2D eigenvalue weighted by molar-refractivity contribution is 5.85. The molecular formula is C9H20ClNO2. The highest BCUT2D eigenvalue weighted by Gasteiger charge is 2.17. The average molecular weight is 210 g/mol. The largest absolute Gasteiger partial charge is 0.468 e. The lowest BCUT2D eigenvalue weighted by Crippen LogP contribution is -2.32. The van der Waals surface area contributed by atoms with Crippen molar-refractivity contribution in [2.75, 3.05) is 7.11 Å². The van der Waals surface area contributed by atoms with E-state index in [2.05, 4.69) is 25.5 Å². The van der Waals surface area contributed by atoms with Crippen LogP contribution in [0.4, 0.5) is 0 Å². The highest BCUT2D eigenvalue weighted by Crippen LogP contribution is 2.21.